The van der Waals surface area contributed by atoms with Gasteiger partial charge < -0.3 is 10.1 Å². The van der Waals surface area contributed by atoms with Crippen LogP contribution in [0, 0.1) is 5.41 Å². The van der Waals surface area contributed by atoms with E-state index in [1.807, 2.05) is 0 Å². The molecule has 0 bridgehead atoms. The molecule has 1 aliphatic rings. The lowest BCUT2D eigenvalue weighted by Crippen LogP contribution is -2.48. The third kappa shape index (κ3) is 4.72. The summed E-state index contributed by atoms with van der Waals surface area (Å²) in [5, 5.41) is 3.45. The van der Waals surface area contributed by atoms with E-state index in [0.29, 0.717) is 6.04 Å². The van der Waals surface area contributed by atoms with Gasteiger partial charge in [-0.25, -0.2) is 0 Å². The average Bonchev–Trinajstić information content (AvgIpc) is 2.39. The molecule has 3 nitrogen and oxygen atoms in total. The molecule has 1 heterocycles. The fraction of sp³-hybridized carbons (Fsp3) is 0.684. The first-order chi connectivity index (χ1) is 10.2. The van der Waals surface area contributed by atoms with E-state index in [0.717, 1.165) is 31.9 Å². The maximum Gasteiger partial charge on any atom is 0.120 e. The van der Waals surface area contributed by atoms with Gasteiger partial charge in [-0.15, -0.1) is 0 Å². The van der Waals surface area contributed by atoms with Crippen LogP contribution >= 0.6 is 0 Å². The summed E-state index contributed by atoms with van der Waals surface area (Å²) in [6, 6.07) is 9.14. The van der Waals surface area contributed by atoms with Crippen LogP contribution in [0.5, 0.6) is 5.75 Å². The zero-order valence-corrected chi connectivity index (χ0v) is 15.1. The van der Waals surface area contributed by atoms with Gasteiger partial charge in [0.1, 0.15) is 11.4 Å². The number of hydrogen-bond acceptors (Lipinski definition) is 3. The lowest BCUT2D eigenvalue weighted by molar-refractivity contribution is 0.0859. The van der Waals surface area contributed by atoms with Crippen molar-refractivity contribution in [2.24, 2.45) is 5.41 Å². The van der Waals surface area contributed by atoms with Gasteiger partial charge in [0.15, 0.2) is 0 Å². The number of ether oxygens (including phenoxy) is 1. The first kappa shape index (κ1) is 17.3. The summed E-state index contributed by atoms with van der Waals surface area (Å²) < 4.78 is 5.94. The minimum Gasteiger partial charge on any atom is -0.488 e. The predicted molar refractivity (Wildman–Crippen MR) is 93.5 cm³/mol. The van der Waals surface area contributed by atoms with Gasteiger partial charge in [0, 0.05) is 32.2 Å². The van der Waals surface area contributed by atoms with Gasteiger partial charge in [0.2, 0.25) is 0 Å². The summed E-state index contributed by atoms with van der Waals surface area (Å²) in [6.07, 6.45) is 0. The SMILES string of the molecule is CC(C)(C)Oc1ccc([C@@H](N2CCNCC2)C(C)(C)C)cc1. The molecule has 0 spiro atoms. The molecule has 1 atom stereocenters. The smallest absolute Gasteiger partial charge is 0.120 e. The van der Waals surface area contributed by atoms with Crippen molar-refractivity contribution in [2.45, 2.75) is 53.2 Å². The molecular weight excluding hydrogens is 272 g/mol. The van der Waals surface area contributed by atoms with E-state index in [9.17, 15) is 0 Å². The van der Waals surface area contributed by atoms with Crippen molar-refractivity contribution in [1.82, 2.24) is 10.2 Å². The molecule has 1 aromatic rings. The number of nitrogens with one attached hydrogen (secondary N) is 1. The average molecular weight is 304 g/mol. The Kier molecular flexibility index (Phi) is 5.18. The summed E-state index contributed by atoms with van der Waals surface area (Å²) in [6.45, 7) is 17.6. The molecule has 0 saturated carbocycles. The van der Waals surface area contributed by atoms with Crippen molar-refractivity contribution in [1.29, 1.82) is 0 Å². The predicted octanol–water partition coefficient (Wildman–Crippen LogP) is 3.86. The van der Waals surface area contributed by atoms with E-state index >= 15 is 0 Å². The Balaban J connectivity index is 2.20. The van der Waals surface area contributed by atoms with Crippen molar-refractivity contribution in [3.63, 3.8) is 0 Å². The van der Waals surface area contributed by atoms with Crippen molar-refractivity contribution >= 4 is 0 Å². The van der Waals surface area contributed by atoms with E-state index in [2.05, 4.69) is 76.0 Å². The van der Waals surface area contributed by atoms with Crippen LogP contribution in [-0.4, -0.2) is 36.7 Å². The van der Waals surface area contributed by atoms with Crippen molar-refractivity contribution < 1.29 is 4.74 Å². The molecule has 0 aliphatic carbocycles. The largest absolute Gasteiger partial charge is 0.488 e. The molecule has 0 unspecified atom stereocenters. The maximum atomic E-state index is 5.94. The minimum absolute atomic E-state index is 0.149. The summed E-state index contributed by atoms with van der Waals surface area (Å²) >= 11 is 0. The monoisotopic (exact) mass is 304 g/mol. The fourth-order valence-electron chi connectivity index (χ4n) is 3.27. The quantitative estimate of drug-likeness (QED) is 0.918. The lowest BCUT2D eigenvalue weighted by Gasteiger charge is -2.42. The Bertz CT molecular complexity index is 462. The number of piperazine rings is 1. The number of hydrogen-bond donors (Lipinski definition) is 1. The van der Waals surface area contributed by atoms with Crippen molar-refractivity contribution in [3.05, 3.63) is 29.8 Å². The molecule has 1 fully saturated rings. The molecule has 1 aromatic carbocycles. The highest BCUT2D eigenvalue weighted by Crippen LogP contribution is 2.38. The third-order valence-electron chi connectivity index (χ3n) is 3.96. The van der Waals surface area contributed by atoms with Crippen LogP contribution in [0.3, 0.4) is 0 Å². The highest BCUT2D eigenvalue weighted by Gasteiger charge is 2.32. The molecule has 2 rings (SSSR count). The van der Waals surface area contributed by atoms with Gasteiger partial charge in [-0.1, -0.05) is 32.9 Å². The van der Waals surface area contributed by atoms with Crippen LogP contribution in [0.2, 0.25) is 0 Å². The number of rotatable bonds is 3. The standard InChI is InChI=1S/C19H32N2O/c1-18(2,3)17(21-13-11-20-12-14-21)15-7-9-16(10-8-15)22-19(4,5)6/h7-10,17,20H,11-14H2,1-6H3/t17-/m1/s1. The summed E-state index contributed by atoms with van der Waals surface area (Å²) in [5.41, 5.74) is 1.45. The molecule has 0 amide bonds. The van der Waals surface area contributed by atoms with Gasteiger partial charge in [0.05, 0.1) is 0 Å². The van der Waals surface area contributed by atoms with E-state index in [1.54, 1.807) is 0 Å². The fourth-order valence-corrected chi connectivity index (χ4v) is 3.27. The van der Waals surface area contributed by atoms with Crippen LogP contribution < -0.4 is 10.1 Å². The van der Waals surface area contributed by atoms with E-state index in [1.165, 1.54) is 5.56 Å². The summed E-state index contributed by atoms with van der Waals surface area (Å²) in [7, 11) is 0. The van der Waals surface area contributed by atoms with Gasteiger partial charge in [-0.2, -0.15) is 0 Å². The molecule has 1 aliphatic heterocycles. The van der Waals surface area contributed by atoms with Crippen LogP contribution in [0.25, 0.3) is 0 Å². The number of benzene rings is 1. The third-order valence-corrected chi connectivity index (χ3v) is 3.96. The molecule has 22 heavy (non-hydrogen) atoms. The van der Waals surface area contributed by atoms with Gasteiger partial charge >= 0.3 is 0 Å². The minimum atomic E-state index is -0.149. The Morgan fingerprint density at radius 2 is 1.50 bits per heavy atom. The van der Waals surface area contributed by atoms with Gasteiger partial charge in [-0.3, -0.25) is 4.90 Å². The Hall–Kier alpha value is -1.06. The Morgan fingerprint density at radius 3 is 1.95 bits per heavy atom. The number of nitrogens with zero attached hydrogens (tertiary/aromatic N) is 1. The molecule has 124 valence electrons. The van der Waals surface area contributed by atoms with Crippen LogP contribution in [0.15, 0.2) is 24.3 Å². The van der Waals surface area contributed by atoms with E-state index in [4.69, 9.17) is 4.74 Å². The molecular formula is C19H32N2O. The zero-order valence-electron chi connectivity index (χ0n) is 15.1. The van der Waals surface area contributed by atoms with E-state index < -0.39 is 0 Å². The van der Waals surface area contributed by atoms with Crippen LogP contribution in [-0.2, 0) is 0 Å². The first-order valence-corrected chi connectivity index (χ1v) is 8.40. The van der Waals surface area contributed by atoms with Gasteiger partial charge in [-0.05, 0) is 43.9 Å². The van der Waals surface area contributed by atoms with Crippen molar-refractivity contribution in [3.8, 4) is 5.75 Å². The van der Waals surface area contributed by atoms with Crippen molar-refractivity contribution in [2.75, 3.05) is 26.2 Å². The molecule has 1 saturated heterocycles. The first-order valence-electron chi connectivity index (χ1n) is 8.40. The molecule has 3 heteroatoms. The van der Waals surface area contributed by atoms with Crippen LogP contribution in [0.1, 0.15) is 53.1 Å². The second-order valence-corrected chi connectivity index (χ2v) is 8.34. The molecule has 0 radical (unpaired) electrons. The highest BCUT2D eigenvalue weighted by molar-refractivity contribution is 5.30. The Labute approximate surface area is 136 Å². The molecule has 1 N–H and O–H groups in total. The Morgan fingerprint density at radius 1 is 0.955 bits per heavy atom. The maximum absolute atomic E-state index is 5.94. The molecule has 0 aromatic heterocycles. The van der Waals surface area contributed by atoms with Crippen LogP contribution in [0.4, 0.5) is 0 Å². The lowest BCUT2D eigenvalue weighted by atomic mass is 9.81. The second kappa shape index (κ2) is 6.59. The topological polar surface area (TPSA) is 24.5 Å². The second-order valence-electron chi connectivity index (χ2n) is 8.34. The van der Waals surface area contributed by atoms with Gasteiger partial charge in [0.25, 0.3) is 0 Å². The van der Waals surface area contributed by atoms with E-state index in [-0.39, 0.29) is 11.0 Å². The normalized spacial score (nSPS) is 19.0. The summed E-state index contributed by atoms with van der Waals surface area (Å²) in [4.78, 5) is 2.61. The summed E-state index contributed by atoms with van der Waals surface area (Å²) in [5.74, 6) is 0.948. The highest BCUT2D eigenvalue weighted by atomic mass is 16.5. The zero-order chi connectivity index (χ0) is 16.4.